The van der Waals surface area contributed by atoms with Crippen molar-refractivity contribution >= 4 is 11.4 Å². The minimum absolute atomic E-state index is 0.369. The zero-order chi connectivity index (χ0) is 10.1. The van der Waals surface area contributed by atoms with Gasteiger partial charge < -0.3 is 10.6 Å². The molecule has 0 aliphatic carbocycles. The third kappa shape index (κ3) is 1.48. The zero-order valence-corrected chi connectivity index (χ0v) is 8.16. The minimum Gasteiger partial charge on any atom is -0.397 e. The first kappa shape index (κ1) is 9.15. The molecule has 74 valence electrons. The average Bonchev–Trinajstić information content (AvgIpc) is 2.16. The van der Waals surface area contributed by atoms with Gasteiger partial charge in [0.15, 0.2) is 0 Å². The summed E-state index contributed by atoms with van der Waals surface area (Å²) < 4.78 is 0. The van der Waals surface area contributed by atoms with Gasteiger partial charge in [0.25, 0.3) is 0 Å². The summed E-state index contributed by atoms with van der Waals surface area (Å²) >= 11 is 0. The molecule has 1 heterocycles. The molecule has 1 aliphatic heterocycles. The van der Waals surface area contributed by atoms with Crippen LogP contribution in [0.15, 0.2) is 17.3 Å². The van der Waals surface area contributed by atoms with Crippen LogP contribution in [-0.2, 0) is 13.0 Å². The second-order valence-electron chi connectivity index (χ2n) is 3.76. The number of anilines is 1. The summed E-state index contributed by atoms with van der Waals surface area (Å²) in [5, 5.41) is 2.91. The molecule has 0 radical (unpaired) electrons. The lowest BCUT2D eigenvalue weighted by Crippen LogP contribution is -2.26. The van der Waals surface area contributed by atoms with E-state index < -0.39 is 0 Å². The molecule has 0 amide bonds. The van der Waals surface area contributed by atoms with Crippen LogP contribution in [0.2, 0.25) is 0 Å². The third-order valence-electron chi connectivity index (χ3n) is 2.65. The second-order valence-corrected chi connectivity index (χ2v) is 3.76. The Hall–Kier alpha value is -1.42. The molecule has 0 fully saturated rings. The van der Waals surface area contributed by atoms with E-state index in [9.17, 15) is 4.91 Å². The Balaban J connectivity index is 2.45. The van der Waals surface area contributed by atoms with Crippen molar-refractivity contribution in [2.75, 3.05) is 19.3 Å². The maximum absolute atomic E-state index is 10.4. The first-order valence-electron chi connectivity index (χ1n) is 4.64. The highest BCUT2D eigenvalue weighted by molar-refractivity contribution is 5.65. The number of nitroso groups, excluding NO2 is 1. The molecule has 1 aromatic carbocycles. The van der Waals surface area contributed by atoms with E-state index in [0.29, 0.717) is 11.4 Å². The Morgan fingerprint density at radius 1 is 1.43 bits per heavy atom. The molecule has 0 spiro atoms. The summed E-state index contributed by atoms with van der Waals surface area (Å²) in [5.41, 5.74) is 8.95. The lowest BCUT2D eigenvalue weighted by atomic mass is 9.98. The summed E-state index contributed by atoms with van der Waals surface area (Å²) in [5.74, 6) is 0. The van der Waals surface area contributed by atoms with Gasteiger partial charge in [-0.15, -0.1) is 4.91 Å². The molecular formula is C10H13N3O. The highest BCUT2D eigenvalue weighted by Crippen LogP contribution is 2.29. The molecule has 0 saturated carbocycles. The highest BCUT2D eigenvalue weighted by atomic mass is 16.3. The van der Waals surface area contributed by atoms with E-state index in [1.54, 1.807) is 0 Å². The fourth-order valence-corrected chi connectivity index (χ4v) is 1.84. The van der Waals surface area contributed by atoms with Gasteiger partial charge in [-0.1, -0.05) is 0 Å². The summed E-state index contributed by atoms with van der Waals surface area (Å²) in [6.45, 7) is 1.92. The van der Waals surface area contributed by atoms with Crippen molar-refractivity contribution in [1.29, 1.82) is 0 Å². The minimum atomic E-state index is 0.369. The van der Waals surface area contributed by atoms with Gasteiger partial charge in [-0.25, -0.2) is 0 Å². The molecule has 1 aromatic rings. The summed E-state index contributed by atoms with van der Waals surface area (Å²) in [6, 6.07) is 3.67. The number of nitrogens with two attached hydrogens (primary N) is 1. The van der Waals surface area contributed by atoms with Crippen molar-refractivity contribution in [2.45, 2.75) is 13.0 Å². The van der Waals surface area contributed by atoms with Crippen molar-refractivity contribution in [1.82, 2.24) is 4.90 Å². The summed E-state index contributed by atoms with van der Waals surface area (Å²) in [4.78, 5) is 12.7. The fourth-order valence-electron chi connectivity index (χ4n) is 1.84. The van der Waals surface area contributed by atoms with Gasteiger partial charge in [0.05, 0.1) is 5.69 Å². The Labute approximate surface area is 82.7 Å². The van der Waals surface area contributed by atoms with Gasteiger partial charge in [-0.3, -0.25) is 0 Å². The highest BCUT2D eigenvalue weighted by Gasteiger charge is 2.15. The van der Waals surface area contributed by atoms with E-state index in [-0.39, 0.29) is 0 Å². The molecular weight excluding hydrogens is 178 g/mol. The van der Waals surface area contributed by atoms with Crippen LogP contribution in [0.5, 0.6) is 0 Å². The van der Waals surface area contributed by atoms with E-state index >= 15 is 0 Å². The maximum Gasteiger partial charge on any atom is 0.131 e. The standard InChI is InChI=1S/C10H13N3O/c1-13-3-2-7-5-10(12-14)9(11)4-8(7)6-13/h4-5H,2-3,6,11H2,1H3. The molecule has 1 aliphatic rings. The number of rotatable bonds is 1. The van der Waals surface area contributed by atoms with Gasteiger partial charge >= 0.3 is 0 Å². The number of benzene rings is 1. The van der Waals surface area contributed by atoms with E-state index in [0.717, 1.165) is 19.5 Å². The van der Waals surface area contributed by atoms with Crippen molar-refractivity contribution in [3.63, 3.8) is 0 Å². The summed E-state index contributed by atoms with van der Waals surface area (Å²) in [6.07, 6.45) is 0.967. The molecule has 0 atom stereocenters. The first-order chi connectivity index (χ1) is 6.70. The van der Waals surface area contributed by atoms with Crippen LogP contribution in [0.1, 0.15) is 11.1 Å². The zero-order valence-electron chi connectivity index (χ0n) is 8.16. The number of hydrogen-bond acceptors (Lipinski definition) is 4. The van der Waals surface area contributed by atoms with Crippen LogP contribution in [-0.4, -0.2) is 18.5 Å². The van der Waals surface area contributed by atoms with E-state index in [1.165, 1.54) is 11.1 Å². The molecule has 4 nitrogen and oxygen atoms in total. The van der Waals surface area contributed by atoms with Gasteiger partial charge in [0.2, 0.25) is 0 Å². The Kier molecular flexibility index (Phi) is 2.21. The van der Waals surface area contributed by atoms with Crippen molar-refractivity contribution in [3.8, 4) is 0 Å². The predicted molar refractivity (Wildman–Crippen MR) is 56.3 cm³/mol. The quantitative estimate of drug-likeness (QED) is 0.542. The molecule has 0 bridgehead atoms. The number of likely N-dealkylation sites (N-methyl/N-ethyl adjacent to an activating group) is 1. The maximum atomic E-state index is 10.4. The van der Waals surface area contributed by atoms with E-state index in [4.69, 9.17) is 5.73 Å². The van der Waals surface area contributed by atoms with Gasteiger partial charge in [0, 0.05) is 13.1 Å². The SMILES string of the molecule is CN1CCc2cc(N=O)c(N)cc2C1. The van der Waals surface area contributed by atoms with Gasteiger partial charge in [-0.2, -0.15) is 0 Å². The van der Waals surface area contributed by atoms with Crippen molar-refractivity contribution in [2.24, 2.45) is 5.18 Å². The van der Waals surface area contributed by atoms with E-state index in [1.807, 2.05) is 12.1 Å². The first-order valence-corrected chi connectivity index (χ1v) is 4.64. The Morgan fingerprint density at radius 3 is 2.93 bits per heavy atom. The molecule has 0 unspecified atom stereocenters. The van der Waals surface area contributed by atoms with Crippen LogP contribution in [0.3, 0.4) is 0 Å². The largest absolute Gasteiger partial charge is 0.397 e. The third-order valence-corrected chi connectivity index (χ3v) is 2.65. The number of nitrogens with zero attached hydrogens (tertiary/aromatic N) is 2. The van der Waals surface area contributed by atoms with Crippen LogP contribution in [0.25, 0.3) is 0 Å². The lowest BCUT2D eigenvalue weighted by molar-refractivity contribution is 0.313. The topological polar surface area (TPSA) is 58.7 Å². The Bertz CT molecular complexity index is 376. The average molecular weight is 191 g/mol. The summed E-state index contributed by atoms with van der Waals surface area (Å²) in [7, 11) is 2.07. The van der Waals surface area contributed by atoms with Crippen LogP contribution in [0, 0.1) is 4.91 Å². The van der Waals surface area contributed by atoms with Crippen LogP contribution in [0.4, 0.5) is 11.4 Å². The molecule has 2 rings (SSSR count). The lowest BCUT2D eigenvalue weighted by Gasteiger charge is -2.25. The monoisotopic (exact) mass is 191 g/mol. The van der Waals surface area contributed by atoms with Gasteiger partial charge in [0.1, 0.15) is 5.69 Å². The normalized spacial score (nSPS) is 16.4. The molecule has 2 N–H and O–H groups in total. The predicted octanol–water partition coefficient (Wildman–Crippen LogP) is 1.65. The molecule has 4 heteroatoms. The Morgan fingerprint density at radius 2 is 2.21 bits per heavy atom. The van der Waals surface area contributed by atoms with Crippen LogP contribution < -0.4 is 5.73 Å². The number of fused-ring (bicyclic) bond motifs is 1. The van der Waals surface area contributed by atoms with Crippen molar-refractivity contribution < 1.29 is 0 Å². The fraction of sp³-hybridized carbons (Fsp3) is 0.400. The number of hydrogen-bond donors (Lipinski definition) is 1. The van der Waals surface area contributed by atoms with E-state index in [2.05, 4.69) is 17.1 Å². The molecule has 14 heavy (non-hydrogen) atoms. The van der Waals surface area contributed by atoms with Crippen LogP contribution >= 0.6 is 0 Å². The van der Waals surface area contributed by atoms with Crippen molar-refractivity contribution in [3.05, 3.63) is 28.2 Å². The molecule has 0 aromatic heterocycles. The second kappa shape index (κ2) is 3.38. The van der Waals surface area contributed by atoms with Gasteiger partial charge in [-0.05, 0) is 41.9 Å². The molecule has 0 saturated heterocycles. The number of nitrogen functional groups attached to an aromatic ring is 1. The smallest absolute Gasteiger partial charge is 0.131 e.